The summed E-state index contributed by atoms with van der Waals surface area (Å²) in [6.07, 6.45) is 4.64. The highest BCUT2D eigenvalue weighted by Gasteiger charge is 2.33. The molecule has 0 saturated heterocycles. The van der Waals surface area contributed by atoms with Crippen LogP contribution in [0.1, 0.15) is 62.1 Å². The van der Waals surface area contributed by atoms with Gasteiger partial charge in [-0.1, -0.05) is 107 Å². The third-order valence-corrected chi connectivity index (χ3v) is 13.4. The van der Waals surface area contributed by atoms with Crippen LogP contribution in [0.15, 0.2) is 186 Å². The first-order valence-corrected chi connectivity index (χ1v) is 22.6. The van der Waals surface area contributed by atoms with Crippen molar-refractivity contribution in [3.05, 3.63) is 209 Å². The van der Waals surface area contributed by atoms with E-state index in [1.807, 2.05) is 0 Å². The zero-order valence-electron chi connectivity index (χ0n) is 36.5. The van der Waals surface area contributed by atoms with Gasteiger partial charge in [-0.15, -0.1) is 0 Å². The Labute approximate surface area is 373 Å². The zero-order valence-corrected chi connectivity index (χ0v) is 36.5. The third kappa shape index (κ3) is 6.52. The quantitative estimate of drug-likeness (QED) is 0.153. The molecule has 0 fully saturated rings. The van der Waals surface area contributed by atoms with Gasteiger partial charge in [-0.3, -0.25) is 0 Å². The van der Waals surface area contributed by atoms with Crippen LogP contribution in [0.2, 0.25) is 0 Å². The minimum Gasteiger partial charge on any atom is -0.485 e. The van der Waals surface area contributed by atoms with E-state index in [4.69, 9.17) is 9.15 Å². The maximum atomic E-state index is 6.78. The first-order valence-electron chi connectivity index (χ1n) is 22.6. The van der Waals surface area contributed by atoms with Gasteiger partial charge >= 0.3 is 0 Å². The lowest BCUT2D eigenvalue weighted by molar-refractivity contribution is 0.288. The average molecular weight is 829 g/mol. The van der Waals surface area contributed by atoms with Gasteiger partial charge in [0, 0.05) is 56.4 Å². The van der Waals surface area contributed by atoms with Gasteiger partial charge in [-0.05, 0) is 170 Å². The summed E-state index contributed by atoms with van der Waals surface area (Å²) < 4.78 is 13.4. The van der Waals surface area contributed by atoms with Crippen LogP contribution in [0.3, 0.4) is 0 Å². The molecule has 0 radical (unpaired) electrons. The fourth-order valence-corrected chi connectivity index (χ4v) is 9.95. The molecular formula is C60H48N2O2. The Kier molecular flexibility index (Phi) is 8.98. The van der Waals surface area contributed by atoms with Crippen molar-refractivity contribution in [3.8, 4) is 5.75 Å². The third-order valence-electron chi connectivity index (χ3n) is 13.4. The summed E-state index contributed by atoms with van der Waals surface area (Å²) in [5.74, 6) is 2.03. The number of benzene rings is 9. The summed E-state index contributed by atoms with van der Waals surface area (Å²) in [6.45, 7) is 8.95. The number of rotatable bonds is 8. The second-order valence-electron chi connectivity index (χ2n) is 18.2. The van der Waals surface area contributed by atoms with Crippen LogP contribution >= 0.6 is 0 Å². The second-order valence-corrected chi connectivity index (χ2v) is 18.2. The fourth-order valence-electron chi connectivity index (χ4n) is 9.95. The van der Waals surface area contributed by atoms with Gasteiger partial charge in [0.1, 0.15) is 23.0 Å². The maximum absolute atomic E-state index is 6.78. The first-order chi connectivity index (χ1) is 31.3. The van der Waals surface area contributed by atoms with Gasteiger partial charge < -0.3 is 19.0 Å². The number of hydrogen-bond acceptors (Lipinski definition) is 4. The lowest BCUT2D eigenvalue weighted by Gasteiger charge is -2.26. The Hall–Kier alpha value is -7.56. The molecule has 12 rings (SSSR count). The molecule has 4 nitrogen and oxygen atoms in total. The van der Waals surface area contributed by atoms with Crippen molar-refractivity contribution >= 4 is 89.8 Å². The number of ether oxygens (including phenoxy) is 1. The van der Waals surface area contributed by atoms with Crippen molar-refractivity contribution in [2.24, 2.45) is 0 Å². The Morgan fingerprint density at radius 2 is 0.906 bits per heavy atom. The molecule has 2 aliphatic rings. The molecule has 4 heteroatoms. The molecule has 64 heavy (non-hydrogen) atoms. The van der Waals surface area contributed by atoms with E-state index in [-0.39, 0.29) is 12.0 Å². The molecule has 0 amide bonds. The Morgan fingerprint density at radius 3 is 1.50 bits per heavy atom. The lowest BCUT2D eigenvalue weighted by atomic mass is 9.88. The molecule has 2 atom stereocenters. The lowest BCUT2D eigenvalue weighted by Crippen LogP contribution is -2.34. The van der Waals surface area contributed by atoms with Crippen LogP contribution in [0.4, 0.5) is 34.1 Å². The van der Waals surface area contributed by atoms with Gasteiger partial charge in [-0.2, -0.15) is 0 Å². The minimum absolute atomic E-state index is 0.0812. The summed E-state index contributed by atoms with van der Waals surface area (Å²) in [4.78, 5) is 4.67. The van der Waals surface area contributed by atoms with Gasteiger partial charge in [0.2, 0.25) is 0 Å². The van der Waals surface area contributed by atoms with E-state index < -0.39 is 0 Å². The largest absolute Gasteiger partial charge is 0.485 e. The Balaban J connectivity index is 0.890. The van der Waals surface area contributed by atoms with Crippen LogP contribution in [0, 0.1) is 0 Å². The first kappa shape index (κ1) is 38.1. The van der Waals surface area contributed by atoms with Crippen molar-refractivity contribution in [1.29, 1.82) is 0 Å². The Bertz CT molecular complexity index is 3540. The van der Waals surface area contributed by atoms with Crippen molar-refractivity contribution in [2.75, 3.05) is 9.80 Å². The van der Waals surface area contributed by atoms with E-state index in [2.05, 4.69) is 232 Å². The van der Waals surface area contributed by atoms with Gasteiger partial charge in [0.05, 0.1) is 0 Å². The molecule has 1 aromatic heterocycles. The number of fused-ring (bicyclic) bond motifs is 9. The van der Waals surface area contributed by atoms with Crippen LogP contribution in [-0.4, -0.2) is 6.10 Å². The topological polar surface area (TPSA) is 28.9 Å². The van der Waals surface area contributed by atoms with Crippen LogP contribution < -0.4 is 25.0 Å². The zero-order chi connectivity index (χ0) is 43.1. The van der Waals surface area contributed by atoms with Crippen molar-refractivity contribution < 1.29 is 9.15 Å². The molecule has 1 aliphatic heterocycles. The molecule has 9 aromatic carbocycles. The van der Waals surface area contributed by atoms with E-state index in [0.717, 1.165) is 72.6 Å². The van der Waals surface area contributed by atoms with E-state index >= 15 is 0 Å². The molecule has 10 aromatic rings. The van der Waals surface area contributed by atoms with Crippen molar-refractivity contribution in [2.45, 2.75) is 51.6 Å². The molecule has 1 aliphatic carbocycles. The maximum Gasteiger partial charge on any atom is 0.136 e. The van der Waals surface area contributed by atoms with E-state index in [9.17, 15) is 0 Å². The molecule has 310 valence electrons. The number of hydrogen-bond donors (Lipinski definition) is 0. The minimum atomic E-state index is -0.0812. The molecule has 2 unspecified atom stereocenters. The smallest absolute Gasteiger partial charge is 0.136 e. The normalized spacial score (nSPS) is 15.2. The van der Waals surface area contributed by atoms with Crippen LogP contribution in [0.5, 0.6) is 5.75 Å². The summed E-state index contributed by atoms with van der Waals surface area (Å²) in [7, 11) is 0. The predicted molar refractivity (Wildman–Crippen MR) is 268 cm³/mol. The summed E-state index contributed by atoms with van der Waals surface area (Å²) in [6, 6.07) is 66.3. The molecule has 0 bridgehead atoms. The number of para-hydroxylation sites is 2. The van der Waals surface area contributed by atoms with Crippen molar-refractivity contribution in [1.82, 2.24) is 0 Å². The monoisotopic (exact) mass is 828 g/mol. The van der Waals surface area contributed by atoms with Crippen LogP contribution in [-0.2, 0) is 0 Å². The van der Waals surface area contributed by atoms with E-state index in [1.54, 1.807) is 0 Å². The highest BCUT2D eigenvalue weighted by atomic mass is 16.5. The molecule has 2 heterocycles. The average Bonchev–Trinajstić information content (AvgIpc) is 3.84. The number of furan rings is 1. The van der Waals surface area contributed by atoms with Gasteiger partial charge in [0.15, 0.2) is 0 Å². The standard InChI is InChI=1S/C60H48N2O2/c1-37(2)39-15-21-49(22-16-39)61(47-11-7-5-8-12-47)51-25-19-41-29-53-55-31-45-32-56-54-30-42-20-26-52(62(48-13-9-6-10-14-48)50-23-17-40(18-24-50)38(3)4)28-44(42)34-58(54)64-60(56)36-46(45)35-59(55)63-57(53)33-43(41)27-51/h5-38,53,57H,1-4H3. The summed E-state index contributed by atoms with van der Waals surface area (Å²) in [5, 5.41) is 9.28. The second kappa shape index (κ2) is 15.1. The van der Waals surface area contributed by atoms with Gasteiger partial charge in [0.25, 0.3) is 0 Å². The highest BCUT2D eigenvalue weighted by Crippen LogP contribution is 2.45. The summed E-state index contributed by atoms with van der Waals surface area (Å²) in [5.41, 5.74) is 12.4. The number of anilines is 6. The van der Waals surface area contributed by atoms with E-state index in [1.165, 1.54) is 37.9 Å². The predicted octanol–water partition coefficient (Wildman–Crippen LogP) is 15.2. The SMILES string of the molecule is CC(C)c1ccc(N(c2ccccc2)c2ccc3c(c2)=CC2Oc4cc5cc6oc7cc8cc(N(c9ccccc9)c9ccc(C(C)C)cc9)ccc8cc7c6cc5cc4C2C=3)cc1. The van der Waals surface area contributed by atoms with Gasteiger partial charge in [-0.25, -0.2) is 0 Å². The molecule has 0 N–H and O–H groups in total. The highest BCUT2D eigenvalue weighted by molar-refractivity contribution is 6.14. The summed E-state index contributed by atoms with van der Waals surface area (Å²) >= 11 is 0. The van der Waals surface area contributed by atoms with Crippen molar-refractivity contribution in [3.63, 3.8) is 0 Å². The Morgan fingerprint density at radius 1 is 0.406 bits per heavy atom. The number of nitrogens with zero attached hydrogens (tertiary/aromatic N) is 2. The molecule has 0 spiro atoms. The molecular weight excluding hydrogens is 781 g/mol. The fraction of sp³-hybridized carbons (Fsp3) is 0.133. The van der Waals surface area contributed by atoms with E-state index in [0.29, 0.717) is 11.8 Å². The van der Waals surface area contributed by atoms with Crippen LogP contribution in [0.25, 0.3) is 55.6 Å². The molecule has 0 saturated carbocycles.